The Morgan fingerprint density at radius 1 is 1.13 bits per heavy atom. The molecule has 0 saturated heterocycles. The monoisotopic (exact) mass is 456 g/mol. The molecule has 9 heteroatoms. The van der Waals surface area contributed by atoms with E-state index in [0.717, 1.165) is 17.5 Å². The number of sulfonamides is 1. The lowest BCUT2D eigenvalue weighted by atomic mass is 9.89. The van der Waals surface area contributed by atoms with Crippen LogP contribution in [0.15, 0.2) is 54.2 Å². The van der Waals surface area contributed by atoms with Gasteiger partial charge in [-0.25, -0.2) is 13.4 Å². The Labute approximate surface area is 186 Å². The first-order chi connectivity index (χ1) is 14.8. The first kappa shape index (κ1) is 21.5. The molecular formula is C22H24N4O3S2. The molecule has 31 heavy (non-hydrogen) atoms. The van der Waals surface area contributed by atoms with Crippen LogP contribution in [0.25, 0.3) is 11.1 Å². The third-order valence-corrected chi connectivity index (χ3v) is 8.28. The minimum Gasteiger partial charge on any atom is -0.325 e. The first-order valence-electron chi connectivity index (χ1n) is 10.1. The zero-order chi connectivity index (χ0) is 22.1. The van der Waals surface area contributed by atoms with Crippen molar-refractivity contribution in [2.24, 2.45) is 0 Å². The number of anilines is 2. The Morgan fingerprint density at radius 3 is 2.48 bits per heavy atom. The molecule has 0 unspecified atom stereocenters. The van der Waals surface area contributed by atoms with Crippen LogP contribution in [-0.2, 0) is 20.2 Å². The van der Waals surface area contributed by atoms with Crippen molar-refractivity contribution >= 4 is 38.1 Å². The van der Waals surface area contributed by atoms with E-state index >= 15 is 0 Å². The van der Waals surface area contributed by atoms with Gasteiger partial charge in [-0.3, -0.25) is 14.5 Å². The van der Waals surface area contributed by atoms with E-state index in [0.29, 0.717) is 29.4 Å². The number of amides is 1. The molecule has 0 atom stereocenters. The normalized spacial score (nSPS) is 14.6. The summed E-state index contributed by atoms with van der Waals surface area (Å²) in [6.07, 6.45) is 5.81. The molecule has 1 aliphatic carbocycles. The summed E-state index contributed by atoms with van der Waals surface area (Å²) in [6.45, 7) is 3.54. The number of pyridine rings is 1. The molecule has 0 aliphatic heterocycles. The standard InChI is InChI=1S/C22H24N4O3S2/c1-22(2,19-14-30-21(25-19)26-31(28,29)18-6-3-7-18)20(27)24-17-10-8-15(9-11-17)16-5-4-12-23-13-16/h4-5,8-14,18H,3,6-7H2,1-2H3,(H,24,27)(H,25,26). The van der Waals surface area contributed by atoms with Gasteiger partial charge in [0.05, 0.1) is 16.4 Å². The summed E-state index contributed by atoms with van der Waals surface area (Å²) in [5, 5.41) is 4.60. The van der Waals surface area contributed by atoms with Crippen LogP contribution in [0.2, 0.25) is 0 Å². The number of nitrogens with one attached hydrogen (secondary N) is 2. The van der Waals surface area contributed by atoms with E-state index in [1.807, 2.05) is 36.4 Å². The molecule has 0 radical (unpaired) electrons. The van der Waals surface area contributed by atoms with Gasteiger partial charge in [0.15, 0.2) is 5.13 Å². The molecule has 162 valence electrons. The number of nitrogens with zero attached hydrogens (tertiary/aromatic N) is 2. The SMILES string of the molecule is CC(C)(C(=O)Nc1ccc(-c2cccnc2)cc1)c1csc(NS(=O)(=O)C2CCC2)n1. The van der Waals surface area contributed by atoms with Crippen molar-refractivity contribution in [1.82, 2.24) is 9.97 Å². The summed E-state index contributed by atoms with van der Waals surface area (Å²) in [5.74, 6) is -0.222. The van der Waals surface area contributed by atoms with Crippen molar-refractivity contribution in [3.63, 3.8) is 0 Å². The van der Waals surface area contributed by atoms with Crippen LogP contribution in [0.1, 0.15) is 38.8 Å². The van der Waals surface area contributed by atoms with Crippen molar-refractivity contribution in [3.8, 4) is 11.1 Å². The second-order valence-electron chi connectivity index (χ2n) is 8.14. The number of carbonyl (C=O) groups excluding carboxylic acids is 1. The average molecular weight is 457 g/mol. The fraction of sp³-hybridized carbons (Fsp3) is 0.318. The topological polar surface area (TPSA) is 101 Å². The predicted molar refractivity (Wildman–Crippen MR) is 124 cm³/mol. The summed E-state index contributed by atoms with van der Waals surface area (Å²) in [7, 11) is -3.41. The van der Waals surface area contributed by atoms with Gasteiger partial charge in [0.25, 0.3) is 0 Å². The number of benzene rings is 1. The second kappa shape index (κ2) is 8.39. The number of hydrogen-bond acceptors (Lipinski definition) is 6. The molecule has 4 rings (SSSR count). The van der Waals surface area contributed by atoms with Gasteiger partial charge in [-0.15, -0.1) is 11.3 Å². The highest BCUT2D eigenvalue weighted by atomic mass is 32.2. The Kier molecular flexibility index (Phi) is 5.81. The zero-order valence-corrected chi connectivity index (χ0v) is 19.0. The highest BCUT2D eigenvalue weighted by molar-refractivity contribution is 7.93. The largest absolute Gasteiger partial charge is 0.325 e. The molecule has 1 saturated carbocycles. The van der Waals surface area contributed by atoms with Gasteiger partial charge in [-0.05, 0) is 56.0 Å². The summed E-state index contributed by atoms with van der Waals surface area (Å²) in [6, 6.07) is 11.4. The van der Waals surface area contributed by atoms with Crippen molar-refractivity contribution in [3.05, 3.63) is 59.9 Å². The third-order valence-electron chi connectivity index (χ3n) is 5.57. The first-order valence-corrected chi connectivity index (χ1v) is 12.5. The molecule has 1 amide bonds. The van der Waals surface area contributed by atoms with E-state index in [2.05, 4.69) is 20.0 Å². The van der Waals surface area contributed by atoms with E-state index in [1.54, 1.807) is 31.6 Å². The van der Waals surface area contributed by atoms with Gasteiger partial charge in [0.2, 0.25) is 15.9 Å². The van der Waals surface area contributed by atoms with E-state index < -0.39 is 15.4 Å². The average Bonchev–Trinajstić information content (AvgIpc) is 3.16. The Hall–Kier alpha value is -2.78. The fourth-order valence-electron chi connectivity index (χ4n) is 3.18. The number of hydrogen-bond donors (Lipinski definition) is 2. The molecule has 2 N–H and O–H groups in total. The molecule has 0 bridgehead atoms. The van der Waals surface area contributed by atoms with Gasteiger partial charge >= 0.3 is 0 Å². The van der Waals surface area contributed by atoms with E-state index in [4.69, 9.17) is 0 Å². The van der Waals surface area contributed by atoms with E-state index in [-0.39, 0.29) is 11.2 Å². The highest BCUT2D eigenvalue weighted by Crippen LogP contribution is 2.32. The molecule has 1 fully saturated rings. The van der Waals surface area contributed by atoms with Crippen molar-refractivity contribution in [2.45, 2.75) is 43.8 Å². The van der Waals surface area contributed by atoms with Crippen molar-refractivity contribution < 1.29 is 13.2 Å². The molecule has 7 nitrogen and oxygen atoms in total. The molecule has 2 heterocycles. The minimum absolute atomic E-state index is 0.222. The lowest BCUT2D eigenvalue weighted by Crippen LogP contribution is -2.35. The summed E-state index contributed by atoms with van der Waals surface area (Å²) < 4.78 is 27.2. The van der Waals surface area contributed by atoms with Crippen LogP contribution in [0.3, 0.4) is 0 Å². The van der Waals surface area contributed by atoms with Gasteiger partial charge in [-0.2, -0.15) is 0 Å². The molecule has 2 aromatic heterocycles. The molecule has 0 spiro atoms. The van der Waals surface area contributed by atoms with Crippen LogP contribution in [0.5, 0.6) is 0 Å². The summed E-state index contributed by atoms with van der Waals surface area (Å²) >= 11 is 1.19. The number of thiazole rings is 1. The highest BCUT2D eigenvalue weighted by Gasteiger charge is 2.35. The lowest BCUT2D eigenvalue weighted by molar-refractivity contribution is -0.120. The van der Waals surface area contributed by atoms with Gasteiger partial charge in [-0.1, -0.05) is 24.6 Å². The maximum Gasteiger partial charge on any atom is 0.237 e. The number of carbonyl (C=O) groups is 1. The summed E-state index contributed by atoms with van der Waals surface area (Å²) in [4.78, 5) is 21.5. The van der Waals surface area contributed by atoms with Crippen LogP contribution >= 0.6 is 11.3 Å². The predicted octanol–water partition coefficient (Wildman–Crippen LogP) is 4.42. The van der Waals surface area contributed by atoms with Crippen LogP contribution in [-0.4, -0.2) is 29.5 Å². The number of aromatic nitrogens is 2. The smallest absolute Gasteiger partial charge is 0.237 e. The molecule has 1 aromatic carbocycles. The Morgan fingerprint density at radius 2 is 1.87 bits per heavy atom. The van der Waals surface area contributed by atoms with Crippen molar-refractivity contribution in [1.29, 1.82) is 0 Å². The molecular weight excluding hydrogens is 432 g/mol. The molecule has 3 aromatic rings. The minimum atomic E-state index is -3.41. The maximum atomic E-state index is 13.0. The van der Waals surface area contributed by atoms with Crippen LogP contribution in [0, 0.1) is 0 Å². The van der Waals surface area contributed by atoms with Crippen LogP contribution in [0.4, 0.5) is 10.8 Å². The van der Waals surface area contributed by atoms with Crippen molar-refractivity contribution in [2.75, 3.05) is 10.0 Å². The Balaban J connectivity index is 1.44. The fourth-order valence-corrected chi connectivity index (χ4v) is 5.85. The second-order valence-corrected chi connectivity index (χ2v) is 11.0. The van der Waals surface area contributed by atoms with Crippen LogP contribution < -0.4 is 10.0 Å². The van der Waals surface area contributed by atoms with Gasteiger partial charge < -0.3 is 5.32 Å². The molecule has 1 aliphatic rings. The zero-order valence-electron chi connectivity index (χ0n) is 17.3. The number of rotatable bonds is 7. The van der Waals surface area contributed by atoms with Gasteiger partial charge in [0.1, 0.15) is 0 Å². The van der Waals surface area contributed by atoms with Gasteiger partial charge in [0, 0.05) is 23.5 Å². The lowest BCUT2D eigenvalue weighted by Gasteiger charge is -2.25. The summed E-state index contributed by atoms with van der Waals surface area (Å²) in [5.41, 5.74) is 2.27. The van der Waals surface area contributed by atoms with E-state index in [9.17, 15) is 13.2 Å². The Bertz CT molecular complexity index is 1170. The quantitative estimate of drug-likeness (QED) is 0.548. The maximum absolute atomic E-state index is 13.0. The third kappa shape index (κ3) is 4.62. The van der Waals surface area contributed by atoms with E-state index in [1.165, 1.54) is 11.3 Å².